The van der Waals surface area contributed by atoms with Crippen molar-refractivity contribution in [3.8, 4) is 5.75 Å². The van der Waals surface area contributed by atoms with Gasteiger partial charge in [0.1, 0.15) is 11.5 Å². The summed E-state index contributed by atoms with van der Waals surface area (Å²) in [5.41, 5.74) is -0.542. The maximum absolute atomic E-state index is 14.8. The van der Waals surface area contributed by atoms with Gasteiger partial charge in [0.15, 0.2) is 6.61 Å². The maximum atomic E-state index is 14.8. The number of hydrogen-bond donors (Lipinski definition) is 1. The lowest BCUT2D eigenvalue weighted by Crippen LogP contribution is -2.41. The van der Waals surface area contributed by atoms with Crippen molar-refractivity contribution in [1.82, 2.24) is 0 Å². The van der Waals surface area contributed by atoms with E-state index in [-0.39, 0.29) is 6.42 Å². The molecule has 1 aliphatic rings. The van der Waals surface area contributed by atoms with E-state index in [2.05, 4.69) is 0 Å². The average molecular weight is 350 g/mol. The van der Waals surface area contributed by atoms with Gasteiger partial charge in [0.2, 0.25) is 0 Å². The number of para-hydroxylation sites is 1. The number of carboxylic acids is 1. The van der Waals surface area contributed by atoms with Gasteiger partial charge in [-0.2, -0.15) is 0 Å². The Morgan fingerprint density at radius 2 is 1.76 bits per heavy atom. The molecule has 136 valence electrons. The van der Waals surface area contributed by atoms with E-state index in [0.717, 1.165) is 0 Å². The zero-order valence-electron chi connectivity index (χ0n) is 15.3. The lowest BCUT2D eigenvalue weighted by molar-refractivity contribution is -0.139. The molecule has 1 aromatic rings. The zero-order valence-corrected chi connectivity index (χ0v) is 15.3. The van der Waals surface area contributed by atoms with Gasteiger partial charge < -0.3 is 19.2 Å². The minimum absolute atomic E-state index is 0.270. The molecule has 1 aliphatic heterocycles. The van der Waals surface area contributed by atoms with Crippen molar-refractivity contribution in [2.45, 2.75) is 52.2 Å². The van der Waals surface area contributed by atoms with Crippen LogP contribution in [-0.2, 0) is 20.5 Å². The lowest BCUT2D eigenvalue weighted by Gasteiger charge is -2.32. The van der Waals surface area contributed by atoms with Crippen molar-refractivity contribution in [3.63, 3.8) is 0 Å². The summed E-state index contributed by atoms with van der Waals surface area (Å²) in [5.74, 6) is -0.642. The molecule has 0 spiro atoms. The largest absolute Gasteiger partial charge is 0.525 e. The van der Waals surface area contributed by atoms with E-state index in [0.29, 0.717) is 16.9 Å². The van der Waals surface area contributed by atoms with E-state index >= 15 is 0 Å². The van der Waals surface area contributed by atoms with Crippen LogP contribution < -0.4 is 4.74 Å². The number of ether oxygens (including phenoxy) is 1. The molecule has 0 aromatic heterocycles. The molecule has 1 fully saturated rings. The Kier molecular flexibility index (Phi) is 5.59. The van der Waals surface area contributed by atoms with Gasteiger partial charge in [0.25, 0.3) is 0 Å². The number of carboxylic acid groups (broad SMARTS) is 1. The molecule has 7 heteroatoms. The molecular weight excluding hydrogens is 326 g/mol. The van der Waals surface area contributed by atoms with E-state index in [9.17, 15) is 9.18 Å². The minimum atomic E-state index is -1.06. The number of aliphatic carboxylic acids is 1. The predicted molar refractivity (Wildman–Crippen MR) is 93.2 cm³/mol. The van der Waals surface area contributed by atoms with Gasteiger partial charge in [-0.25, -0.2) is 9.18 Å². The van der Waals surface area contributed by atoms with Crippen molar-refractivity contribution in [3.05, 3.63) is 41.1 Å². The van der Waals surface area contributed by atoms with Crippen LogP contribution in [0.4, 0.5) is 4.39 Å². The van der Waals surface area contributed by atoms with Gasteiger partial charge in [0, 0.05) is 0 Å². The normalized spacial score (nSPS) is 19.5. The van der Waals surface area contributed by atoms with Crippen LogP contribution in [0.1, 0.15) is 40.2 Å². The van der Waals surface area contributed by atoms with Gasteiger partial charge in [-0.15, -0.1) is 0 Å². The summed E-state index contributed by atoms with van der Waals surface area (Å²) < 4.78 is 31.5. The molecule has 2 rings (SSSR count). The fraction of sp³-hybridized carbons (Fsp3) is 0.500. The van der Waals surface area contributed by atoms with Crippen molar-refractivity contribution >= 4 is 13.1 Å². The highest BCUT2D eigenvalue weighted by Crippen LogP contribution is 2.39. The van der Waals surface area contributed by atoms with Gasteiger partial charge in [0.05, 0.1) is 11.2 Å². The molecular formula is C18H24BFO5. The van der Waals surface area contributed by atoms with Crippen LogP contribution in [0.25, 0.3) is 0 Å². The number of hydrogen-bond acceptors (Lipinski definition) is 4. The first-order valence-electron chi connectivity index (χ1n) is 8.17. The Hall–Kier alpha value is -1.86. The van der Waals surface area contributed by atoms with Crippen molar-refractivity contribution in [2.75, 3.05) is 6.61 Å². The standard InChI is InChI=1S/C18H24BFO5/c1-12(16(20)19-24-17(2,3)18(4,5)25-19)10-13-8-6-7-9-14(13)23-11-15(21)22/h6-9H,10-11H2,1-5H3,(H,21,22). The number of halogens is 1. The van der Waals surface area contributed by atoms with Gasteiger partial charge in [-0.3, -0.25) is 0 Å². The van der Waals surface area contributed by atoms with Crippen molar-refractivity contribution < 1.29 is 28.3 Å². The first kappa shape index (κ1) is 19.5. The second-order valence-electron chi connectivity index (χ2n) is 7.18. The monoisotopic (exact) mass is 350 g/mol. The molecule has 1 aromatic carbocycles. The van der Waals surface area contributed by atoms with Crippen LogP contribution in [0, 0.1) is 0 Å². The summed E-state index contributed by atoms with van der Waals surface area (Å²) in [4.78, 5) is 10.7. The van der Waals surface area contributed by atoms with Crippen LogP contribution in [0.5, 0.6) is 5.75 Å². The molecule has 0 radical (unpaired) electrons. The first-order chi connectivity index (χ1) is 11.5. The molecule has 0 bridgehead atoms. The third kappa shape index (κ3) is 4.41. The second-order valence-corrected chi connectivity index (χ2v) is 7.18. The van der Waals surface area contributed by atoms with E-state index in [1.807, 2.05) is 27.7 Å². The molecule has 1 heterocycles. The topological polar surface area (TPSA) is 65.0 Å². The molecule has 25 heavy (non-hydrogen) atoms. The Labute approximate surface area is 147 Å². The average Bonchev–Trinajstić information content (AvgIpc) is 2.73. The van der Waals surface area contributed by atoms with Crippen LogP contribution in [0.15, 0.2) is 35.6 Å². The maximum Gasteiger partial charge on any atom is 0.525 e. The van der Waals surface area contributed by atoms with Crippen LogP contribution in [-0.4, -0.2) is 36.0 Å². The third-order valence-corrected chi connectivity index (χ3v) is 4.65. The Morgan fingerprint density at radius 1 is 1.20 bits per heavy atom. The minimum Gasteiger partial charge on any atom is -0.482 e. The van der Waals surface area contributed by atoms with Crippen LogP contribution in [0.3, 0.4) is 0 Å². The number of allylic oxidation sites excluding steroid dienone is 1. The molecule has 1 saturated heterocycles. The highest BCUT2D eigenvalue weighted by molar-refractivity contribution is 6.53. The Bertz CT molecular complexity index is 668. The van der Waals surface area contributed by atoms with Gasteiger partial charge in [-0.1, -0.05) is 18.2 Å². The van der Waals surface area contributed by atoms with E-state index in [1.54, 1.807) is 31.2 Å². The quantitative estimate of drug-likeness (QED) is 0.795. The molecule has 0 amide bonds. The molecule has 1 N–H and O–H groups in total. The summed E-state index contributed by atoms with van der Waals surface area (Å²) in [6, 6.07) is 6.98. The molecule has 0 unspecified atom stereocenters. The van der Waals surface area contributed by atoms with E-state index in [1.165, 1.54) is 0 Å². The molecule has 0 aliphatic carbocycles. The van der Waals surface area contributed by atoms with Crippen molar-refractivity contribution in [2.24, 2.45) is 0 Å². The third-order valence-electron chi connectivity index (χ3n) is 4.65. The summed E-state index contributed by atoms with van der Waals surface area (Å²) in [7, 11) is -1.04. The Morgan fingerprint density at radius 3 is 2.32 bits per heavy atom. The second kappa shape index (κ2) is 7.18. The van der Waals surface area contributed by atoms with Crippen LogP contribution in [0.2, 0.25) is 0 Å². The van der Waals surface area contributed by atoms with Gasteiger partial charge >= 0.3 is 13.1 Å². The predicted octanol–water partition coefficient (Wildman–Crippen LogP) is 3.57. The molecule has 5 nitrogen and oxygen atoms in total. The lowest BCUT2D eigenvalue weighted by atomic mass is 9.83. The van der Waals surface area contributed by atoms with Crippen LogP contribution >= 0.6 is 0 Å². The summed E-state index contributed by atoms with van der Waals surface area (Å²) in [6.45, 7) is 8.68. The fourth-order valence-corrected chi connectivity index (χ4v) is 2.45. The highest BCUT2D eigenvalue weighted by Gasteiger charge is 2.53. The van der Waals surface area contributed by atoms with E-state index in [4.69, 9.17) is 19.2 Å². The first-order valence-corrected chi connectivity index (χ1v) is 8.17. The smallest absolute Gasteiger partial charge is 0.482 e. The molecule has 0 saturated carbocycles. The van der Waals surface area contributed by atoms with Crippen molar-refractivity contribution in [1.29, 1.82) is 0 Å². The summed E-state index contributed by atoms with van der Waals surface area (Å²) >= 11 is 0. The number of benzene rings is 1. The zero-order chi connectivity index (χ0) is 18.8. The fourth-order valence-electron chi connectivity index (χ4n) is 2.45. The van der Waals surface area contributed by atoms with Gasteiger partial charge in [-0.05, 0) is 58.2 Å². The number of rotatable bonds is 6. The SMILES string of the molecule is CC(Cc1ccccc1OCC(=O)O)=C(F)B1OC(C)(C)C(C)(C)O1. The summed E-state index contributed by atoms with van der Waals surface area (Å²) in [6.07, 6.45) is 0.270. The van der Waals surface area contributed by atoms with E-state index < -0.39 is 36.6 Å². The highest BCUT2D eigenvalue weighted by atomic mass is 19.1. The summed E-state index contributed by atoms with van der Waals surface area (Å²) in [5, 5.41) is 8.75. The Balaban J connectivity index is 2.17. The molecule has 0 atom stereocenters. The number of carbonyl (C=O) groups is 1.